The van der Waals surface area contributed by atoms with Crippen LogP contribution in [0.5, 0.6) is 0 Å². The molecule has 12 heteroatoms. The second-order valence-electron chi connectivity index (χ2n) is 15.5. The van der Waals surface area contributed by atoms with E-state index in [9.17, 15) is 24.0 Å². The van der Waals surface area contributed by atoms with Crippen molar-refractivity contribution in [3.05, 3.63) is 71.8 Å². The lowest BCUT2D eigenvalue weighted by molar-refractivity contribution is -0.135. The third-order valence-corrected chi connectivity index (χ3v) is 9.54. The number of nitrogens with one attached hydrogen (secondary N) is 4. The summed E-state index contributed by atoms with van der Waals surface area (Å²) in [5.74, 6) is -1.71. The summed E-state index contributed by atoms with van der Waals surface area (Å²) in [6.07, 6.45) is 1.99. The Hall–Kier alpha value is -4.13. The first-order chi connectivity index (χ1) is 25.3. The number of ether oxygens (including phenoxy) is 2. The molecule has 0 bridgehead atoms. The third-order valence-electron chi connectivity index (χ3n) is 9.54. The fourth-order valence-electron chi connectivity index (χ4n) is 6.47. The summed E-state index contributed by atoms with van der Waals surface area (Å²) < 4.78 is 10.9. The van der Waals surface area contributed by atoms with Gasteiger partial charge in [0.2, 0.25) is 23.6 Å². The van der Waals surface area contributed by atoms with E-state index in [1.165, 1.54) is 0 Å². The first-order valence-corrected chi connectivity index (χ1v) is 19.1. The summed E-state index contributed by atoms with van der Waals surface area (Å²) in [6, 6.07) is 15.4. The van der Waals surface area contributed by atoms with E-state index in [-0.39, 0.29) is 42.9 Å². The van der Waals surface area contributed by atoms with Crippen molar-refractivity contribution >= 4 is 29.4 Å². The lowest BCUT2D eigenvalue weighted by Crippen LogP contribution is -2.59. The largest absolute Gasteiger partial charge is 0.379 e. The number of amides is 4. The summed E-state index contributed by atoms with van der Waals surface area (Å²) in [4.78, 5) is 70.6. The number of hydrogen-bond donors (Lipinski definition) is 4. The lowest BCUT2D eigenvalue weighted by atomic mass is 9.94. The monoisotopic (exact) mass is 733 g/mol. The molecule has 12 nitrogen and oxygen atoms in total. The Labute approximate surface area is 314 Å². The van der Waals surface area contributed by atoms with Gasteiger partial charge in [-0.05, 0) is 55.6 Å². The molecule has 0 radical (unpaired) electrons. The van der Waals surface area contributed by atoms with E-state index in [2.05, 4.69) is 21.3 Å². The van der Waals surface area contributed by atoms with Gasteiger partial charge in [0.1, 0.15) is 18.1 Å². The van der Waals surface area contributed by atoms with Crippen LogP contribution in [0.25, 0.3) is 0 Å². The number of nitrogens with zero attached hydrogens (tertiary/aromatic N) is 1. The normalized spacial score (nSPS) is 19.5. The Morgan fingerprint density at radius 2 is 1.21 bits per heavy atom. The smallest absolute Gasteiger partial charge is 0.243 e. The maximum absolute atomic E-state index is 14.1. The summed E-state index contributed by atoms with van der Waals surface area (Å²) in [5.41, 5.74) is 1.34. The number of hydrogen-bond acceptors (Lipinski definition) is 8. The van der Waals surface area contributed by atoms with Crippen molar-refractivity contribution in [3.63, 3.8) is 0 Å². The van der Waals surface area contributed by atoms with E-state index in [1.54, 1.807) is 0 Å². The first-order valence-electron chi connectivity index (χ1n) is 19.1. The highest BCUT2D eigenvalue weighted by molar-refractivity contribution is 5.96. The van der Waals surface area contributed by atoms with Crippen LogP contribution in [0.4, 0.5) is 0 Å². The summed E-state index contributed by atoms with van der Waals surface area (Å²) in [6.45, 7) is 12.7. The van der Waals surface area contributed by atoms with Gasteiger partial charge >= 0.3 is 0 Å². The Bertz CT molecular complexity index is 1490. The molecule has 2 aliphatic rings. The standard InChI is InChI=1S/C41H59N5O7/c1-28(2)22-33(36(47)25-41(5)27-53-41)43-40(51)35(24-31-14-10-7-11-15-31)45-39(50)34(23-29(3)4)44-38(49)32(17-16-30-12-8-6-9-13-30)42-37(48)26-46-18-20-52-21-19-46/h6-15,28-29,32-35H,16-27H2,1-5H3,(H,42,48)(H,43,51)(H,44,49)(H,45,50)/t32-,33-,34-,35-,41-/m0/s1. The highest BCUT2D eigenvalue weighted by Crippen LogP contribution is 2.31. The van der Waals surface area contributed by atoms with Crippen LogP contribution in [0.1, 0.15) is 71.4 Å². The van der Waals surface area contributed by atoms with Gasteiger partial charge in [0, 0.05) is 25.9 Å². The molecular formula is C41H59N5O7. The van der Waals surface area contributed by atoms with Crippen molar-refractivity contribution in [1.82, 2.24) is 26.2 Å². The van der Waals surface area contributed by atoms with Gasteiger partial charge in [0.25, 0.3) is 0 Å². The fourth-order valence-corrected chi connectivity index (χ4v) is 6.47. The zero-order valence-electron chi connectivity index (χ0n) is 32.0. The van der Waals surface area contributed by atoms with Gasteiger partial charge in [0.15, 0.2) is 5.78 Å². The minimum Gasteiger partial charge on any atom is -0.379 e. The topological polar surface area (TPSA) is 158 Å². The summed E-state index contributed by atoms with van der Waals surface area (Å²) in [7, 11) is 0. The van der Waals surface area contributed by atoms with Crippen LogP contribution in [0, 0.1) is 11.8 Å². The Balaban J connectivity index is 1.50. The molecule has 2 aliphatic heterocycles. The maximum atomic E-state index is 14.1. The molecule has 5 atom stereocenters. The number of ketones is 1. The molecule has 4 amide bonds. The number of rotatable bonds is 21. The van der Waals surface area contributed by atoms with Gasteiger partial charge in [-0.1, -0.05) is 88.4 Å². The van der Waals surface area contributed by atoms with Gasteiger partial charge in [-0.25, -0.2) is 0 Å². The molecule has 2 fully saturated rings. The number of carbonyl (C=O) groups excluding carboxylic acids is 5. The van der Waals surface area contributed by atoms with Crippen molar-refractivity contribution < 1.29 is 33.4 Å². The molecule has 2 heterocycles. The molecule has 4 rings (SSSR count). The Morgan fingerprint density at radius 1 is 0.698 bits per heavy atom. The number of epoxide rings is 1. The summed E-state index contributed by atoms with van der Waals surface area (Å²) in [5, 5.41) is 11.7. The number of carbonyl (C=O) groups is 5. The molecule has 0 spiro atoms. The molecule has 0 aromatic heterocycles. The van der Waals surface area contributed by atoms with E-state index in [4.69, 9.17) is 9.47 Å². The average Bonchev–Trinajstić information content (AvgIpc) is 3.85. The third kappa shape index (κ3) is 14.7. The zero-order valence-corrected chi connectivity index (χ0v) is 32.0. The van der Waals surface area contributed by atoms with Crippen LogP contribution in [0.2, 0.25) is 0 Å². The van der Waals surface area contributed by atoms with Gasteiger partial charge in [-0.3, -0.25) is 28.9 Å². The van der Waals surface area contributed by atoms with Crippen molar-refractivity contribution in [3.8, 4) is 0 Å². The molecule has 0 unspecified atom stereocenters. The molecule has 2 aromatic carbocycles. The van der Waals surface area contributed by atoms with E-state index < -0.39 is 47.5 Å². The number of aryl methyl sites for hydroxylation is 1. The fraction of sp³-hybridized carbons (Fsp3) is 0.585. The molecule has 4 N–H and O–H groups in total. The van der Waals surface area contributed by atoms with Crippen molar-refractivity contribution in [2.75, 3.05) is 39.5 Å². The maximum Gasteiger partial charge on any atom is 0.243 e. The zero-order chi connectivity index (χ0) is 38.4. The molecule has 2 aromatic rings. The van der Waals surface area contributed by atoms with E-state index in [1.807, 2.05) is 100 Å². The van der Waals surface area contributed by atoms with Gasteiger partial charge < -0.3 is 30.7 Å². The Morgan fingerprint density at radius 3 is 1.79 bits per heavy atom. The molecule has 0 aliphatic carbocycles. The second kappa shape index (κ2) is 20.4. The predicted molar refractivity (Wildman–Crippen MR) is 203 cm³/mol. The lowest BCUT2D eigenvalue weighted by Gasteiger charge is -2.29. The van der Waals surface area contributed by atoms with Gasteiger partial charge in [0.05, 0.1) is 38.0 Å². The van der Waals surface area contributed by atoms with Crippen molar-refractivity contribution in [2.45, 2.75) is 103 Å². The Kier molecular flexibility index (Phi) is 16.0. The highest BCUT2D eigenvalue weighted by Gasteiger charge is 2.43. The van der Waals surface area contributed by atoms with Crippen LogP contribution >= 0.6 is 0 Å². The molecule has 2 saturated heterocycles. The van der Waals surface area contributed by atoms with Crippen LogP contribution in [-0.2, 0) is 46.3 Å². The van der Waals surface area contributed by atoms with E-state index in [0.717, 1.165) is 11.1 Å². The molecule has 0 saturated carbocycles. The average molecular weight is 734 g/mol. The molecule has 53 heavy (non-hydrogen) atoms. The minimum absolute atomic E-state index is 0.0187. The summed E-state index contributed by atoms with van der Waals surface area (Å²) >= 11 is 0. The quantitative estimate of drug-likeness (QED) is 0.143. The molecule has 290 valence electrons. The second-order valence-corrected chi connectivity index (χ2v) is 15.5. The molecular weight excluding hydrogens is 674 g/mol. The minimum atomic E-state index is -1.02. The van der Waals surface area contributed by atoms with Gasteiger partial charge in [-0.15, -0.1) is 0 Å². The highest BCUT2D eigenvalue weighted by atomic mass is 16.6. The number of morpholine rings is 1. The SMILES string of the molecule is CC(C)C[C@H](NC(=O)[C@H](Cc1ccccc1)NC(=O)[C@H](CC(C)C)NC(=O)[C@H](CCc1ccccc1)NC(=O)CN1CCOCC1)C(=O)C[C@@]1(C)CO1. The van der Waals surface area contributed by atoms with E-state index in [0.29, 0.717) is 58.6 Å². The van der Waals surface area contributed by atoms with Crippen molar-refractivity contribution in [2.24, 2.45) is 11.8 Å². The van der Waals surface area contributed by atoms with Crippen LogP contribution < -0.4 is 21.3 Å². The number of benzene rings is 2. The van der Waals surface area contributed by atoms with Crippen LogP contribution in [0.3, 0.4) is 0 Å². The van der Waals surface area contributed by atoms with Crippen molar-refractivity contribution in [1.29, 1.82) is 0 Å². The van der Waals surface area contributed by atoms with Gasteiger partial charge in [-0.2, -0.15) is 0 Å². The van der Waals surface area contributed by atoms with Crippen LogP contribution in [-0.4, -0.2) is 104 Å². The number of Topliss-reactive ketones (excluding diaryl/α,β-unsaturated/α-hetero) is 1. The van der Waals surface area contributed by atoms with Crippen LogP contribution in [0.15, 0.2) is 60.7 Å². The van der Waals surface area contributed by atoms with E-state index >= 15 is 0 Å². The first kappa shape index (κ1) is 41.6. The predicted octanol–water partition coefficient (Wildman–Crippen LogP) is 2.97.